The molecule has 0 atom stereocenters. The van der Waals surface area contributed by atoms with Crippen LogP contribution < -0.4 is 5.32 Å². The van der Waals surface area contributed by atoms with Gasteiger partial charge in [0.2, 0.25) is 0 Å². The molecule has 92 valence electrons. The van der Waals surface area contributed by atoms with Crippen LogP contribution in [0, 0.1) is 12.7 Å². The molecule has 0 fully saturated rings. The summed E-state index contributed by atoms with van der Waals surface area (Å²) in [7, 11) is 0. The first-order valence-corrected chi connectivity index (χ1v) is 6.36. The first kappa shape index (κ1) is 11.5. The van der Waals surface area contributed by atoms with E-state index in [0.717, 1.165) is 24.1 Å². The first-order chi connectivity index (χ1) is 8.65. The fraction of sp³-hybridized carbons (Fsp3) is 0.200. The Labute approximate surface area is 111 Å². The lowest BCUT2D eigenvalue weighted by molar-refractivity contribution is 0.619. The molecule has 0 saturated carbocycles. The highest BCUT2D eigenvalue weighted by atomic mass is 35.5. The molecule has 0 aromatic heterocycles. The molecule has 3 rings (SSSR count). The largest absolute Gasteiger partial charge is 0.384 e. The van der Waals surface area contributed by atoms with Crippen LogP contribution in [0.1, 0.15) is 11.1 Å². The molecule has 0 saturated heterocycles. The normalized spacial score (nSPS) is 13.3. The molecule has 1 N–H and O–H groups in total. The fourth-order valence-electron chi connectivity index (χ4n) is 2.35. The average Bonchev–Trinajstić information content (AvgIpc) is 2.80. The van der Waals surface area contributed by atoms with Crippen molar-refractivity contribution in [2.24, 2.45) is 0 Å². The Hall–Kier alpha value is -1.54. The fourth-order valence-corrected chi connectivity index (χ4v) is 2.61. The smallest absolute Gasteiger partial charge is 0.127 e. The van der Waals surface area contributed by atoms with E-state index in [0.29, 0.717) is 10.6 Å². The Bertz CT molecular complexity index is 622. The molecular weight excluding hydrogens is 249 g/mol. The molecule has 1 aliphatic heterocycles. The summed E-state index contributed by atoms with van der Waals surface area (Å²) in [6, 6.07) is 9.41. The van der Waals surface area contributed by atoms with E-state index in [1.807, 2.05) is 12.1 Å². The third-order valence-corrected chi connectivity index (χ3v) is 3.69. The number of benzene rings is 2. The van der Waals surface area contributed by atoms with Crippen LogP contribution in [0.5, 0.6) is 0 Å². The van der Waals surface area contributed by atoms with Gasteiger partial charge in [0.25, 0.3) is 0 Å². The van der Waals surface area contributed by atoms with Gasteiger partial charge in [-0.2, -0.15) is 0 Å². The van der Waals surface area contributed by atoms with Crippen molar-refractivity contribution in [3.8, 4) is 11.1 Å². The van der Waals surface area contributed by atoms with Crippen LogP contribution in [-0.2, 0) is 6.42 Å². The maximum Gasteiger partial charge on any atom is 0.127 e. The van der Waals surface area contributed by atoms with Crippen molar-refractivity contribution in [2.45, 2.75) is 13.3 Å². The van der Waals surface area contributed by atoms with Crippen molar-refractivity contribution in [2.75, 3.05) is 11.9 Å². The zero-order chi connectivity index (χ0) is 12.7. The molecular formula is C15H13ClFN. The summed E-state index contributed by atoms with van der Waals surface area (Å²) in [5, 5.41) is 3.78. The van der Waals surface area contributed by atoms with E-state index in [-0.39, 0.29) is 5.82 Å². The molecule has 18 heavy (non-hydrogen) atoms. The number of hydrogen-bond donors (Lipinski definition) is 1. The van der Waals surface area contributed by atoms with E-state index in [9.17, 15) is 4.39 Å². The Balaban J connectivity index is 2.12. The molecule has 0 amide bonds. The van der Waals surface area contributed by atoms with Gasteiger partial charge in [-0.1, -0.05) is 17.7 Å². The standard InChI is InChI=1S/C15H13ClFN/c1-9-6-12(13(16)8-14(9)17)10-2-3-15-11(7-10)4-5-18-15/h2-3,6-8,18H,4-5H2,1H3. The van der Waals surface area contributed by atoms with Gasteiger partial charge in [0.05, 0.1) is 5.02 Å². The number of aryl methyl sites for hydroxylation is 1. The van der Waals surface area contributed by atoms with Gasteiger partial charge in [-0.3, -0.25) is 0 Å². The predicted octanol–water partition coefficient (Wildman–Crippen LogP) is 4.42. The molecule has 2 aromatic rings. The van der Waals surface area contributed by atoms with Crippen LogP contribution in [0.25, 0.3) is 11.1 Å². The zero-order valence-electron chi connectivity index (χ0n) is 10.1. The lowest BCUT2D eigenvalue weighted by Crippen LogP contribution is -1.90. The Morgan fingerprint density at radius 1 is 1.22 bits per heavy atom. The minimum atomic E-state index is -0.258. The third-order valence-electron chi connectivity index (χ3n) is 3.37. The molecule has 0 unspecified atom stereocenters. The summed E-state index contributed by atoms with van der Waals surface area (Å²) in [4.78, 5) is 0. The number of rotatable bonds is 1. The number of anilines is 1. The number of fused-ring (bicyclic) bond motifs is 1. The summed E-state index contributed by atoms with van der Waals surface area (Å²) in [5.74, 6) is -0.258. The maximum atomic E-state index is 13.4. The van der Waals surface area contributed by atoms with E-state index in [2.05, 4.69) is 17.4 Å². The van der Waals surface area contributed by atoms with Crippen molar-refractivity contribution >= 4 is 17.3 Å². The maximum absolute atomic E-state index is 13.4. The highest BCUT2D eigenvalue weighted by Crippen LogP contribution is 2.33. The molecule has 0 radical (unpaired) electrons. The van der Waals surface area contributed by atoms with Crippen molar-refractivity contribution in [3.05, 3.63) is 52.3 Å². The van der Waals surface area contributed by atoms with E-state index in [1.54, 1.807) is 6.92 Å². The molecule has 1 heterocycles. The summed E-state index contributed by atoms with van der Waals surface area (Å²) in [5.41, 5.74) is 5.04. The topological polar surface area (TPSA) is 12.0 Å². The minimum absolute atomic E-state index is 0.258. The van der Waals surface area contributed by atoms with Gasteiger partial charge in [-0.15, -0.1) is 0 Å². The second kappa shape index (κ2) is 4.29. The van der Waals surface area contributed by atoms with E-state index >= 15 is 0 Å². The van der Waals surface area contributed by atoms with Crippen molar-refractivity contribution in [1.29, 1.82) is 0 Å². The van der Waals surface area contributed by atoms with Crippen molar-refractivity contribution in [3.63, 3.8) is 0 Å². The second-order valence-corrected chi connectivity index (χ2v) is 5.04. The molecule has 0 bridgehead atoms. The Kier molecular flexibility index (Phi) is 2.75. The Morgan fingerprint density at radius 2 is 2.06 bits per heavy atom. The molecule has 1 aliphatic rings. The average molecular weight is 262 g/mol. The van der Waals surface area contributed by atoms with Crippen LogP contribution in [0.15, 0.2) is 30.3 Å². The lowest BCUT2D eigenvalue weighted by Gasteiger charge is -2.09. The van der Waals surface area contributed by atoms with Crippen molar-refractivity contribution < 1.29 is 4.39 Å². The summed E-state index contributed by atoms with van der Waals surface area (Å²) in [6.07, 6.45) is 1.03. The molecule has 3 heteroatoms. The van der Waals surface area contributed by atoms with Crippen LogP contribution in [0.2, 0.25) is 5.02 Å². The number of nitrogens with one attached hydrogen (secondary N) is 1. The van der Waals surface area contributed by atoms with Crippen LogP contribution in [0.3, 0.4) is 0 Å². The highest BCUT2D eigenvalue weighted by Gasteiger charge is 2.13. The van der Waals surface area contributed by atoms with Gasteiger partial charge in [-0.25, -0.2) is 4.39 Å². The van der Waals surface area contributed by atoms with Gasteiger partial charge in [-0.05, 0) is 54.3 Å². The number of hydrogen-bond acceptors (Lipinski definition) is 1. The minimum Gasteiger partial charge on any atom is -0.384 e. The van der Waals surface area contributed by atoms with E-state index in [4.69, 9.17) is 11.6 Å². The van der Waals surface area contributed by atoms with E-state index < -0.39 is 0 Å². The van der Waals surface area contributed by atoms with E-state index in [1.165, 1.54) is 17.3 Å². The Morgan fingerprint density at radius 3 is 2.89 bits per heavy atom. The lowest BCUT2D eigenvalue weighted by atomic mass is 10.00. The highest BCUT2D eigenvalue weighted by molar-refractivity contribution is 6.33. The number of halogens is 2. The van der Waals surface area contributed by atoms with Gasteiger partial charge < -0.3 is 5.32 Å². The first-order valence-electron chi connectivity index (χ1n) is 5.98. The summed E-state index contributed by atoms with van der Waals surface area (Å²) < 4.78 is 13.4. The molecule has 1 nitrogen and oxygen atoms in total. The summed E-state index contributed by atoms with van der Waals surface area (Å²) in [6.45, 7) is 2.74. The van der Waals surface area contributed by atoms with Crippen LogP contribution in [0.4, 0.5) is 10.1 Å². The zero-order valence-corrected chi connectivity index (χ0v) is 10.8. The quantitative estimate of drug-likeness (QED) is 0.801. The van der Waals surface area contributed by atoms with Crippen molar-refractivity contribution in [1.82, 2.24) is 0 Å². The third kappa shape index (κ3) is 1.87. The van der Waals surface area contributed by atoms with Gasteiger partial charge in [0, 0.05) is 17.8 Å². The van der Waals surface area contributed by atoms with Crippen LogP contribution in [-0.4, -0.2) is 6.54 Å². The van der Waals surface area contributed by atoms with Crippen LogP contribution >= 0.6 is 11.6 Å². The van der Waals surface area contributed by atoms with Gasteiger partial charge in [0.15, 0.2) is 0 Å². The predicted molar refractivity (Wildman–Crippen MR) is 73.8 cm³/mol. The molecule has 0 spiro atoms. The van der Waals surface area contributed by atoms with Gasteiger partial charge >= 0.3 is 0 Å². The van der Waals surface area contributed by atoms with Gasteiger partial charge in [0.1, 0.15) is 5.82 Å². The SMILES string of the molecule is Cc1cc(-c2ccc3c(c2)CCN3)c(Cl)cc1F. The molecule has 0 aliphatic carbocycles. The molecule has 2 aromatic carbocycles. The second-order valence-electron chi connectivity index (χ2n) is 4.63. The monoisotopic (exact) mass is 261 g/mol. The summed E-state index contributed by atoms with van der Waals surface area (Å²) >= 11 is 6.13.